The summed E-state index contributed by atoms with van der Waals surface area (Å²) in [4.78, 5) is 15.9. The van der Waals surface area contributed by atoms with E-state index in [4.69, 9.17) is 0 Å². The Morgan fingerprint density at radius 1 is 1.33 bits per heavy atom. The topological polar surface area (TPSA) is 76.8 Å². The minimum absolute atomic E-state index is 0.117. The summed E-state index contributed by atoms with van der Waals surface area (Å²) in [7, 11) is 0. The van der Waals surface area contributed by atoms with E-state index in [1.807, 2.05) is 36.0 Å². The highest BCUT2D eigenvalue weighted by molar-refractivity contribution is 5.89. The maximum absolute atomic E-state index is 13.9. The first-order valence-corrected chi connectivity index (χ1v) is 7.44. The molecular formula is C16H17FN6O. The molecule has 24 heavy (non-hydrogen) atoms. The second-order valence-corrected chi connectivity index (χ2v) is 5.37. The fraction of sp³-hybridized carbons (Fsp3) is 0.188. The Labute approximate surface area is 138 Å². The molecule has 0 aliphatic carbocycles. The SMILES string of the molecule is CC(Cn1cncn1)NC(=O)Nc1cc(-n2cccc2)ccc1F. The highest BCUT2D eigenvalue weighted by Crippen LogP contribution is 2.19. The summed E-state index contributed by atoms with van der Waals surface area (Å²) in [6, 6.07) is 7.62. The van der Waals surface area contributed by atoms with Gasteiger partial charge in [0, 0.05) is 24.1 Å². The van der Waals surface area contributed by atoms with Gasteiger partial charge in [0.15, 0.2) is 0 Å². The van der Waals surface area contributed by atoms with Crippen LogP contribution in [-0.2, 0) is 6.54 Å². The van der Waals surface area contributed by atoms with Crippen molar-refractivity contribution in [3.05, 3.63) is 61.2 Å². The van der Waals surface area contributed by atoms with Crippen LogP contribution in [-0.4, -0.2) is 31.4 Å². The zero-order valence-corrected chi connectivity index (χ0v) is 13.1. The van der Waals surface area contributed by atoms with Crippen molar-refractivity contribution in [2.75, 3.05) is 5.32 Å². The van der Waals surface area contributed by atoms with Crippen LogP contribution in [0.3, 0.4) is 0 Å². The molecule has 2 amide bonds. The first kappa shape index (κ1) is 15.7. The standard InChI is InChI=1S/C16H17FN6O/c1-12(9-23-11-18-10-19-23)20-16(24)21-15-8-13(4-5-14(15)17)22-6-2-3-7-22/h2-8,10-12H,9H2,1H3,(H2,20,21,24). The Balaban J connectivity index is 1.64. The number of nitrogens with zero attached hydrogens (tertiary/aromatic N) is 4. The number of anilines is 1. The number of hydrogen-bond donors (Lipinski definition) is 2. The summed E-state index contributed by atoms with van der Waals surface area (Å²) in [5, 5.41) is 9.25. The van der Waals surface area contributed by atoms with E-state index < -0.39 is 11.8 Å². The first-order valence-electron chi connectivity index (χ1n) is 7.44. The zero-order chi connectivity index (χ0) is 16.9. The smallest absolute Gasteiger partial charge is 0.319 e. The third-order valence-electron chi connectivity index (χ3n) is 3.41. The van der Waals surface area contributed by atoms with Crippen molar-refractivity contribution in [3.63, 3.8) is 0 Å². The molecule has 7 nitrogen and oxygen atoms in total. The van der Waals surface area contributed by atoms with Gasteiger partial charge in [0.05, 0.1) is 12.2 Å². The first-order chi connectivity index (χ1) is 11.6. The summed E-state index contributed by atoms with van der Waals surface area (Å²) in [6.45, 7) is 2.30. The van der Waals surface area contributed by atoms with Crippen LogP contribution in [0.2, 0.25) is 0 Å². The molecule has 0 fully saturated rings. The maximum atomic E-state index is 13.9. The molecule has 3 aromatic rings. The van der Waals surface area contributed by atoms with Gasteiger partial charge in [0.1, 0.15) is 18.5 Å². The van der Waals surface area contributed by atoms with Crippen LogP contribution in [0.5, 0.6) is 0 Å². The fourth-order valence-electron chi connectivity index (χ4n) is 2.31. The molecule has 0 aliphatic rings. The lowest BCUT2D eigenvalue weighted by molar-refractivity contribution is 0.247. The van der Waals surface area contributed by atoms with E-state index in [2.05, 4.69) is 20.7 Å². The van der Waals surface area contributed by atoms with Gasteiger partial charge in [-0.05, 0) is 37.3 Å². The van der Waals surface area contributed by atoms with Crippen LogP contribution in [0.1, 0.15) is 6.92 Å². The van der Waals surface area contributed by atoms with Crippen LogP contribution in [0.25, 0.3) is 5.69 Å². The highest BCUT2D eigenvalue weighted by atomic mass is 19.1. The van der Waals surface area contributed by atoms with Gasteiger partial charge >= 0.3 is 6.03 Å². The second-order valence-electron chi connectivity index (χ2n) is 5.37. The Bertz CT molecular complexity index is 800. The molecule has 0 aliphatic heterocycles. The molecule has 0 radical (unpaired) electrons. The monoisotopic (exact) mass is 328 g/mol. The highest BCUT2D eigenvalue weighted by Gasteiger charge is 2.11. The van der Waals surface area contributed by atoms with Gasteiger partial charge in [-0.15, -0.1) is 0 Å². The van der Waals surface area contributed by atoms with Gasteiger partial charge in [0.25, 0.3) is 0 Å². The average Bonchev–Trinajstić information content (AvgIpc) is 3.22. The van der Waals surface area contributed by atoms with E-state index in [-0.39, 0.29) is 11.7 Å². The molecule has 1 aromatic carbocycles. The van der Waals surface area contributed by atoms with Gasteiger partial charge in [0.2, 0.25) is 0 Å². The van der Waals surface area contributed by atoms with Crippen molar-refractivity contribution in [2.45, 2.75) is 19.5 Å². The number of amides is 2. The lowest BCUT2D eigenvalue weighted by Gasteiger charge is -2.15. The lowest BCUT2D eigenvalue weighted by Crippen LogP contribution is -2.38. The van der Waals surface area contributed by atoms with Crippen LogP contribution < -0.4 is 10.6 Å². The minimum atomic E-state index is -0.495. The molecule has 3 rings (SSSR count). The maximum Gasteiger partial charge on any atom is 0.319 e. The molecule has 0 saturated heterocycles. The molecule has 2 aromatic heterocycles. The molecule has 1 atom stereocenters. The summed E-state index contributed by atoms with van der Waals surface area (Å²) in [5.74, 6) is -0.495. The predicted molar refractivity (Wildman–Crippen MR) is 87.4 cm³/mol. The molecule has 2 N–H and O–H groups in total. The number of nitrogens with one attached hydrogen (secondary N) is 2. The van der Waals surface area contributed by atoms with Gasteiger partial charge in [-0.3, -0.25) is 4.68 Å². The summed E-state index contributed by atoms with van der Waals surface area (Å²) in [5.41, 5.74) is 0.874. The fourth-order valence-corrected chi connectivity index (χ4v) is 2.31. The van der Waals surface area contributed by atoms with Crippen molar-refractivity contribution in [1.29, 1.82) is 0 Å². The molecule has 0 spiro atoms. The summed E-state index contributed by atoms with van der Waals surface area (Å²) < 4.78 is 17.4. The number of halogens is 1. The number of rotatable bonds is 5. The van der Waals surface area contributed by atoms with Gasteiger partial charge < -0.3 is 15.2 Å². The normalized spacial score (nSPS) is 11.9. The van der Waals surface area contributed by atoms with Gasteiger partial charge in [-0.2, -0.15) is 5.10 Å². The van der Waals surface area contributed by atoms with Gasteiger partial charge in [-0.1, -0.05) is 0 Å². The largest absolute Gasteiger partial charge is 0.334 e. The lowest BCUT2D eigenvalue weighted by atomic mass is 10.2. The van der Waals surface area contributed by atoms with E-state index in [1.54, 1.807) is 23.1 Å². The van der Waals surface area contributed by atoms with Crippen molar-refractivity contribution in [2.24, 2.45) is 0 Å². The molecule has 1 unspecified atom stereocenters. The summed E-state index contributed by atoms with van der Waals surface area (Å²) in [6.07, 6.45) is 6.68. The Morgan fingerprint density at radius 2 is 2.12 bits per heavy atom. The van der Waals surface area contributed by atoms with Crippen LogP contribution in [0.4, 0.5) is 14.9 Å². The molecule has 8 heteroatoms. The molecular weight excluding hydrogens is 311 g/mol. The Morgan fingerprint density at radius 3 is 2.83 bits per heavy atom. The molecule has 2 heterocycles. The average molecular weight is 328 g/mol. The number of carbonyl (C=O) groups excluding carboxylic acids is 1. The van der Waals surface area contributed by atoms with E-state index >= 15 is 0 Å². The predicted octanol–water partition coefficient (Wildman–Crippen LogP) is 2.42. The Hall–Kier alpha value is -3.16. The number of aromatic nitrogens is 4. The molecule has 0 saturated carbocycles. The quantitative estimate of drug-likeness (QED) is 0.755. The third kappa shape index (κ3) is 3.78. The number of urea groups is 1. The molecule has 124 valence electrons. The number of hydrogen-bond acceptors (Lipinski definition) is 3. The van der Waals surface area contributed by atoms with Crippen molar-refractivity contribution < 1.29 is 9.18 Å². The second kappa shape index (κ2) is 6.95. The van der Waals surface area contributed by atoms with Crippen LogP contribution in [0.15, 0.2) is 55.4 Å². The summed E-state index contributed by atoms with van der Waals surface area (Å²) >= 11 is 0. The molecule has 0 bridgehead atoms. The zero-order valence-electron chi connectivity index (χ0n) is 13.1. The number of benzene rings is 1. The van der Waals surface area contributed by atoms with Crippen LogP contribution >= 0.6 is 0 Å². The third-order valence-corrected chi connectivity index (χ3v) is 3.41. The van der Waals surface area contributed by atoms with E-state index in [1.165, 1.54) is 12.4 Å². The Kier molecular flexibility index (Phi) is 4.55. The van der Waals surface area contributed by atoms with Crippen LogP contribution in [0, 0.1) is 5.82 Å². The van der Waals surface area contributed by atoms with Crippen molar-refractivity contribution >= 4 is 11.7 Å². The number of carbonyl (C=O) groups is 1. The van der Waals surface area contributed by atoms with E-state index in [0.717, 1.165) is 5.69 Å². The van der Waals surface area contributed by atoms with E-state index in [9.17, 15) is 9.18 Å². The van der Waals surface area contributed by atoms with Crippen molar-refractivity contribution in [3.8, 4) is 5.69 Å². The van der Waals surface area contributed by atoms with Gasteiger partial charge in [-0.25, -0.2) is 14.2 Å². The minimum Gasteiger partial charge on any atom is -0.334 e. The van der Waals surface area contributed by atoms with E-state index in [0.29, 0.717) is 6.54 Å². The van der Waals surface area contributed by atoms with Crippen molar-refractivity contribution in [1.82, 2.24) is 24.6 Å².